The Morgan fingerprint density at radius 3 is 2.25 bits per heavy atom. The van der Waals surface area contributed by atoms with Crippen LogP contribution < -0.4 is 0 Å². The minimum atomic E-state index is -0.154. The number of ether oxygens (including phenoxy) is 2. The van der Waals surface area contributed by atoms with Crippen molar-refractivity contribution < 1.29 is 9.47 Å². The lowest BCUT2D eigenvalue weighted by atomic mass is 10.6. The van der Waals surface area contributed by atoms with Gasteiger partial charge in [0.05, 0.1) is 7.11 Å². The highest BCUT2D eigenvalue weighted by Crippen LogP contribution is 1.92. The molecule has 4 nitrogen and oxygen atoms in total. The smallest absolute Gasteiger partial charge is 0.186 e. The van der Waals surface area contributed by atoms with Crippen LogP contribution in [-0.4, -0.2) is 32.2 Å². The van der Waals surface area contributed by atoms with Gasteiger partial charge in [0.2, 0.25) is 0 Å². The second-order valence-electron chi connectivity index (χ2n) is 2.35. The maximum absolute atomic E-state index is 4.94. The molecule has 0 aromatic heterocycles. The van der Waals surface area contributed by atoms with Gasteiger partial charge in [0.1, 0.15) is 12.1 Å². The average Bonchev–Trinajstić information content (AvgIpc) is 2.03. The summed E-state index contributed by atoms with van der Waals surface area (Å²) in [6, 6.07) is 0. The van der Waals surface area contributed by atoms with Gasteiger partial charge in [0.15, 0.2) is 5.90 Å². The molecule has 0 aliphatic rings. The molecular weight excluding hydrogens is 156 g/mol. The molecule has 0 aliphatic carbocycles. The zero-order valence-corrected chi connectivity index (χ0v) is 8.29. The van der Waals surface area contributed by atoms with Crippen molar-refractivity contribution in [1.82, 2.24) is 0 Å². The minimum absolute atomic E-state index is 0.154. The van der Waals surface area contributed by atoms with E-state index >= 15 is 0 Å². The summed E-state index contributed by atoms with van der Waals surface area (Å²) < 4.78 is 9.80. The van der Waals surface area contributed by atoms with Crippen LogP contribution in [0, 0.1) is 0 Å². The van der Waals surface area contributed by atoms with Gasteiger partial charge in [-0.25, -0.2) is 9.98 Å². The molecule has 1 atom stereocenters. The molecule has 0 fully saturated rings. The molecular formula is C8H16N2O2. The SMILES string of the molecule is COC(C)=NC(C)=NC(C)OC. The topological polar surface area (TPSA) is 43.2 Å². The number of aliphatic imine (C=N–C) groups is 2. The first-order valence-corrected chi connectivity index (χ1v) is 3.76. The summed E-state index contributed by atoms with van der Waals surface area (Å²) in [6.07, 6.45) is -0.154. The standard InChI is InChI=1S/C8H16N2O2/c1-6(9-7(2)11-4)10-8(3)12-5/h7H,1-5H3. The van der Waals surface area contributed by atoms with Crippen molar-refractivity contribution in [2.24, 2.45) is 9.98 Å². The van der Waals surface area contributed by atoms with Crippen LogP contribution in [0.4, 0.5) is 0 Å². The van der Waals surface area contributed by atoms with E-state index in [1.165, 1.54) is 0 Å². The molecule has 0 spiro atoms. The Bertz CT molecular complexity index is 187. The van der Waals surface area contributed by atoms with Crippen LogP contribution >= 0.6 is 0 Å². The Kier molecular flexibility index (Phi) is 5.28. The molecule has 0 N–H and O–H groups in total. The van der Waals surface area contributed by atoms with E-state index in [2.05, 4.69) is 9.98 Å². The van der Waals surface area contributed by atoms with Crippen molar-refractivity contribution in [3.8, 4) is 0 Å². The molecule has 0 saturated heterocycles. The van der Waals surface area contributed by atoms with Crippen LogP contribution in [-0.2, 0) is 9.47 Å². The minimum Gasteiger partial charge on any atom is -0.484 e. The molecule has 0 amide bonds. The highest BCUT2D eigenvalue weighted by Gasteiger charge is 1.95. The molecule has 0 heterocycles. The van der Waals surface area contributed by atoms with Gasteiger partial charge >= 0.3 is 0 Å². The Labute approximate surface area is 73.3 Å². The maximum atomic E-state index is 4.94. The molecule has 12 heavy (non-hydrogen) atoms. The summed E-state index contributed by atoms with van der Waals surface area (Å²) in [7, 11) is 3.18. The first-order chi connectivity index (χ1) is 5.60. The summed E-state index contributed by atoms with van der Waals surface area (Å²) >= 11 is 0. The van der Waals surface area contributed by atoms with Crippen LogP contribution in [0.1, 0.15) is 20.8 Å². The molecule has 0 bridgehead atoms. The van der Waals surface area contributed by atoms with E-state index in [0.29, 0.717) is 11.7 Å². The molecule has 70 valence electrons. The van der Waals surface area contributed by atoms with Gasteiger partial charge in [0.25, 0.3) is 0 Å². The molecule has 0 aromatic carbocycles. The number of rotatable bonds is 2. The van der Waals surface area contributed by atoms with Crippen LogP contribution in [0.15, 0.2) is 9.98 Å². The predicted octanol–water partition coefficient (Wildman–Crippen LogP) is 1.46. The van der Waals surface area contributed by atoms with Gasteiger partial charge < -0.3 is 9.47 Å². The predicted molar refractivity (Wildman–Crippen MR) is 49.7 cm³/mol. The monoisotopic (exact) mass is 172 g/mol. The molecule has 0 aromatic rings. The zero-order valence-electron chi connectivity index (χ0n) is 8.29. The third-order valence-corrected chi connectivity index (χ3v) is 1.32. The average molecular weight is 172 g/mol. The number of hydrogen-bond acceptors (Lipinski definition) is 3. The molecule has 1 unspecified atom stereocenters. The molecule has 0 radical (unpaired) electrons. The first-order valence-electron chi connectivity index (χ1n) is 3.76. The highest BCUT2D eigenvalue weighted by molar-refractivity contribution is 5.92. The van der Waals surface area contributed by atoms with E-state index in [9.17, 15) is 0 Å². The van der Waals surface area contributed by atoms with E-state index in [-0.39, 0.29) is 6.23 Å². The van der Waals surface area contributed by atoms with Crippen LogP contribution in [0.25, 0.3) is 0 Å². The number of amidine groups is 1. The Morgan fingerprint density at radius 1 is 1.25 bits per heavy atom. The fourth-order valence-corrected chi connectivity index (χ4v) is 0.618. The fourth-order valence-electron chi connectivity index (χ4n) is 0.618. The van der Waals surface area contributed by atoms with E-state index in [1.54, 1.807) is 28.1 Å². The number of nitrogens with zero attached hydrogens (tertiary/aromatic N) is 2. The summed E-state index contributed by atoms with van der Waals surface area (Å²) in [5.41, 5.74) is 0. The van der Waals surface area contributed by atoms with Gasteiger partial charge in [-0.05, 0) is 13.8 Å². The third-order valence-electron chi connectivity index (χ3n) is 1.32. The van der Waals surface area contributed by atoms with E-state index in [4.69, 9.17) is 9.47 Å². The van der Waals surface area contributed by atoms with Crippen molar-refractivity contribution in [3.63, 3.8) is 0 Å². The molecule has 0 saturated carbocycles. The van der Waals surface area contributed by atoms with Crippen molar-refractivity contribution in [2.75, 3.05) is 14.2 Å². The lowest BCUT2D eigenvalue weighted by molar-refractivity contribution is 0.126. The lowest BCUT2D eigenvalue weighted by Crippen LogP contribution is -2.05. The summed E-state index contributed by atoms with van der Waals surface area (Å²) in [5, 5.41) is 0. The zero-order chi connectivity index (χ0) is 9.56. The maximum Gasteiger partial charge on any atom is 0.186 e. The van der Waals surface area contributed by atoms with Gasteiger partial charge in [0, 0.05) is 14.0 Å². The lowest BCUT2D eigenvalue weighted by Gasteiger charge is -2.03. The van der Waals surface area contributed by atoms with Gasteiger partial charge in [-0.1, -0.05) is 0 Å². The summed E-state index contributed by atoms with van der Waals surface area (Å²) in [6.45, 7) is 5.43. The second kappa shape index (κ2) is 5.71. The Balaban J connectivity index is 4.18. The molecule has 4 heteroatoms. The number of methoxy groups -OCH3 is 2. The molecule has 0 rings (SSSR count). The fraction of sp³-hybridized carbons (Fsp3) is 0.750. The van der Waals surface area contributed by atoms with Crippen molar-refractivity contribution in [3.05, 3.63) is 0 Å². The number of hydrogen-bond donors (Lipinski definition) is 0. The first kappa shape index (κ1) is 11.1. The Hall–Kier alpha value is -0.900. The van der Waals surface area contributed by atoms with Crippen molar-refractivity contribution >= 4 is 11.7 Å². The van der Waals surface area contributed by atoms with E-state index in [0.717, 1.165) is 0 Å². The van der Waals surface area contributed by atoms with Gasteiger partial charge in [-0.2, -0.15) is 0 Å². The van der Waals surface area contributed by atoms with Crippen molar-refractivity contribution in [1.29, 1.82) is 0 Å². The molecule has 0 aliphatic heterocycles. The second-order valence-corrected chi connectivity index (χ2v) is 2.35. The normalized spacial score (nSPS) is 16.1. The highest BCUT2D eigenvalue weighted by atomic mass is 16.5. The van der Waals surface area contributed by atoms with E-state index in [1.807, 2.05) is 6.92 Å². The largest absolute Gasteiger partial charge is 0.484 e. The van der Waals surface area contributed by atoms with Crippen LogP contribution in [0.2, 0.25) is 0 Å². The van der Waals surface area contributed by atoms with Gasteiger partial charge in [-0.3, -0.25) is 0 Å². The summed E-state index contributed by atoms with van der Waals surface area (Å²) in [4.78, 5) is 8.16. The van der Waals surface area contributed by atoms with E-state index < -0.39 is 0 Å². The Morgan fingerprint density at radius 2 is 1.83 bits per heavy atom. The van der Waals surface area contributed by atoms with Crippen molar-refractivity contribution in [2.45, 2.75) is 27.0 Å². The van der Waals surface area contributed by atoms with Gasteiger partial charge in [-0.15, -0.1) is 0 Å². The third kappa shape index (κ3) is 4.85. The van der Waals surface area contributed by atoms with Crippen LogP contribution in [0.3, 0.4) is 0 Å². The quantitative estimate of drug-likeness (QED) is 0.467. The van der Waals surface area contributed by atoms with Crippen LogP contribution in [0.5, 0.6) is 0 Å². The summed E-state index contributed by atoms with van der Waals surface area (Å²) in [5.74, 6) is 1.25.